The van der Waals surface area contributed by atoms with Gasteiger partial charge in [0.15, 0.2) is 0 Å². The summed E-state index contributed by atoms with van der Waals surface area (Å²) in [5, 5.41) is 0. The highest BCUT2D eigenvalue weighted by Gasteiger charge is 2.31. The fraction of sp³-hybridized carbons (Fsp3) is 0.111. The van der Waals surface area contributed by atoms with Gasteiger partial charge in [0.1, 0.15) is 11.6 Å². The van der Waals surface area contributed by atoms with Gasteiger partial charge < -0.3 is 0 Å². The van der Waals surface area contributed by atoms with Gasteiger partial charge in [-0.05, 0) is 30.3 Å². The van der Waals surface area contributed by atoms with Gasteiger partial charge in [-0.2, -0.15) is 26.3 Å². The number of benzene rings is 1. The molecule has 0 N–H and O–H groups in total. The van der Waals surface area contributed by atoms with Crippen LogP contribution in [-0.2, 0) is 12.4 Å². The topological polar surface area (TPSA) is 25.8 Å². The molecule has 3 aromatic rings. The van der Waals surface area contributed by atoms with Crippen molar-refractivity contribution in [2.75, 3.05) is 0 Å². The minimum atomic E-state index is -4.64. The minimum Gasteiger partial charge on any atom is -0.256 e. The molecule has 0 spiro atoms. The van der Waals surface area contributed by atoms with E-state index in [0.29, 0.717) is 30.6 Å². The van der Waals surface area contributed by atoms with Gasteiger partial charge in [-0.3, -0.25) is 9.97 Å². The van der Waals surface area contributed by atoms with Gasteiger partial charge in [0.25, 0.3) is 0 Å². The van der Waals surface area contributed by atoms with Crippen molar-refractivity contribution in [3.63, 3.8) is 0 Å². The van der Waals surface area contributed by atoms with E-state index in [4.69, 9.17) is 0 Å². The number of pyridine rings is 2. The van der Waals surface area contributed by atoms with Crippen molar-refractivity contribution in [3.8, 4) is 22.5 Å². The molecule has 1 aromatic carbocycles. The highest BCUT2D eigenvalue weighted by atomic mass is 19.4. The van der Waals surface area contributed by atoms with Crippen molar-refractivity contribution in [1.29, 1.82) is 0 Å². The first kappa shape index (κ1) is 19.7. The largest absolute Gasteiger partial charge is 0.417 e. The summed E-state index contributed by atoms with van der Waals surface area (Å²) in [6.45, 7) is 0. The van der Waals surface area contributed by atoms with Gasteiger partial charge in [-0.25, -0.2) is 8.78 Å². The molecule has 0 amide bonds. The lowest BCUT2D eigenvalue weighted by Crippen LogP contribution is -2.06. The molecule has 0 atom stereocenters. The van der Waals surface area contributed by atoms with Crippen LogP contribution in [0.3, 0.4) is 0 Å². The summed E-state index contributed by atoms with van der Waals surface area (Å²) in [7, 11) is 0. The van der Waals surface area contributed by atoms with Gasteiger partial charge >= 0.3 is 12.4 Å². The van der Waals surface area contributed by atoms with Crippen molar-refractivity contribution in [3.05, 3.63) is 71.6 Å². The molecule has 0 bridgehead atoms. The Morgan fingerprint density at radius 2 is 0.964 bits per heavy atom. The SMILES string of the molecule is Fc1cc(F)c(-c2ccc(C(F)(F)F)cn2)cc1-c1ccc(C(F)(F)F)cn1. The molecule has 2 heterocycles. The molecule has 2 nitrogen and oxygen atoms in total. The molecular formula is C18H8F8N2. The highest BCUT2D eigenvalue weighted by molar-refractivity contribution is 5.70. The van der Waals surface area contributed by atoms with E-state index in [9.17, 15) is 35.1 Å². The predicted molar refractivity (Wildman–Crippen MR) is 82.8 cm³/mol. The van der Waals surface area contributed by atoms with Crippen LogP contribution in [0, 0.1) is 11.6 Å². The number of halogens is 8. The molecule has 0 saturated carbocycles. The predicted octanol–water partition coefficient (Wildman–Crippen LogP) is 6.13. The van der Waals surface area contributed by atoms with Gasteiger partial charge in [-0.15, -0.1) is 0 Å². The van der Waals surface area contributed by atoms with E-state index in [-0.39, 0.29) is 22.5 Å². The lowest BCUT2D eigenvalue weighted by atomic mass is 10.0. The Balaban J connectivity index is 2.04. The summed E-state index contributed by atoms with van der Waals surface area (Å²) in [4.78, 5) is 7.07. The molecule has 28 heavy (non-hydrogen) atoms. The van der Waals surface area contributed by atoms with Crippen molar-refractivity contribution < 1.29 is 35.1 Å². The van der Waals surface area contributed by atoms with E-state index in [1.165, 1.54) is 0 Å². The standard InChI is InChI=1S/C18H8F8N2/c19-13-6-14(20)12(16-4-2-10(8-28-16)18(24,25)26)5-11(13)15-3-1-9(7-27-15)17(21,22)23/h1-8H. The maximum absolute atomic E-state index is 14.1. The van der Waals surface area contributed by atoms with Crippen LogP contribution in [-0.4, -0.2) is 9.97 Å². The van der Waals surface area contributed by atoms with Crippen molar-refractivity contribution >= 4 is 0 Å². The molecule has 10 heteroatoms. The van der Waals surface area contributed by atoms with Crippen LogP contribution < -0.4 is 0 Å². The zero-order valence-electron chi connectivity index (χ0n) is 13.5. The van der Waals surface area contributed by atoms with Crippen LogP contribution in [0.15, 0.2) is 48.8 Å². The van der Waals surface area contributed by atoms with Gasteiger partial charge in [-0.1, -0.05) is 0 Å². The monoisotopic (exact) mass is 404 g/mol. The molecule has 0 unspecified atom stereocenters. The molecule has 0 fully saturated rings. The van der Waals surface area contributed by atoms with Gasteiger partial charge in [0, 0.05) is 29.6 Å². The third-order valence-corrected chi connectivity index (χ3v) is 3.79. The summed E-state index contributed by atoms with van der Waals surface area (Å²) in [5.41, 5.74) is -3.18. The highest BCUT2D eigenvalue weighted by Crippen LogP contribution is 2.34. The average Bonchev–Trinajstić information content (AvgIpc) is 2.61. The van der Waals surface area contributed by atoms with E-state index in [2.05, 4.69) is 9.97 Å². The van der Waals surface area contributed by atoms with Crippen molar-refractivity contribution in [2.24, 2.45) is 0 Å². The van der Waals surface area contributed by atoms with Crippen LogP contribution in [0.2, 0.25) is 0 Å². The summed E-state index contributed by atoms with van der Waals surface area (Å²) in [6.07, 6.45) is -8.29. The number of nitrogens with zero attached hydrogens (tertiary/aromatic N) is 2. The number of rotatable bonds is 2. The van der Waals surface area contributed by atoms with E-state index >= 15 is 0 Å². The zero-order chi connectivity index (χ0) is 20.7. The van der Waals surface area contributed by atoms with E-state index in [1.54, 1.807) is 0 Å². The third-order valence-electron chi connectivity index (χ3n) is 3.79. The molecule has 0 aliphatic rings. The zero-order valence-corrected chi connectivity index (χ0v) is 13.5. The molecular weight excluding hydrogens is 396 g/mol. The van der Waals surface area contributed by atoms with Crippen LogP contribution in [0.4, 0.5) is 35.1 Å². The summed E-state index contributed by atoms with van der Waals surface area (Å²) in [5.74, 6) is -2.19. The number of hydrogen-bond donors (Lipinski definition) is 0. The Morgan fingerprint density at radius 3 is 1.25 bits per heavy atom. The number of alkyl halides is 6. The van der Waals surface area contributed by atoms with Gasteiger partial charge in [0.2, 0.25) is 0 Å². The van der Waals surface area contributed by atoms with Crippen LogP contribution in [0.25, 0.3) is 22.5 Å². The lowest BCUT2D eigenvalue weighted by Gasteiger charge is -2.11. The first-order chi connectivity index (χ1) is 13.0. The Labute approximate surface area is 152 Å². The normalized spacial score (nSPS) is 12.3. The Morgan fingerprint density at radius 1 is 0.571 bits per heavy atom. The fourth-order valence-corrected chi connectivity index (χ4v) is 2.38. The molecule has 0 saturated heterocycles. The second kappa shape index (κ2) is 6.84. The fourth-order valence-electron chi connectivity index (χ4n) is 2.38. The van der Waals surface area contributed by atoms with Crippen molar-refractivity contribution in [2.45, 2.75) is 12.4 Å². The average molecular weight is 404 g/mol. The smallest absolute Gasteiger partial charge is 0.256 e. The quantitative estimate of drug-likeness (QED) is 0.481. The maximum Gasteiger partial charge on any atom is 0.417 e. The molecule has 146 valence electrons. The summed E-state index contributed by atoms with van der Waals surface area (Å²) in [6, 6.07) is 4.56. The van der Waals surface area contributed by atoms with Crippen LogP contribution in [0.5, 0.6) is 0 Å². The van der Waals surface area contributed by atoms with Crippen molar-refractivity contribution in [1.82, 2.24) is 9.97 Å². The van der Waals surface area contributed by atoms with E-state index < -0.39 is 35.1 Å². The summed E-state index contributed by atoms with van der Waals surface area (Å²) >= 11 is 0. The molecule has 3 rings (SSSR count). The van der Waals surface area contributed by atoms with Gasteiger partial charge in [0.05, 0.1) is 22.5 Å². The molecule has 0 aliphatic carbocycles. The number of aromatic nitrogens is 2. The second-order valence-corrected chi connectivity index (χ2v) is 5.67. The number of hydrogen-bond acceptors (Lipinski definition) is 2. The first-order valence-electron chi connectivity index (χ1n) is 7.53. The lowest BCUT2D eigenvalue weighted by molar-refractivity contribution is -0.138. The van der Waals surface area contributed by atoms with Crippen LogP contribution in [0.1, 0.15) is 11.1 Å². The molecule has 2 aromatic heterocycles. The third kappa shape index (κ3) is 3.95. The van der Waals surface area contributed by atoms with Crippen LogP contribution >= 0.6 is 0 Å². The Hall–Kier alpha value is -3.04. The van der Waals surface area contributed by atoms with E-state index in [0.717, 1.165) is 18.2 Å². The minimum absolute atomic E-state index is 0.210. The molecule has 0 aliphatic heterocycles. The second-order valence-electron chi connectivity index (χ2n) is 5.67. The maximum atomic E-state index is 14.1. The molecule has 0 radical (unpaired) electrons. The van der Waals surface area contributed by atoms with E-state index in [1.807, 2.05) is 0 Å². The Bertz CT molecular complexity index is 912. The Kier molecular flexibility index (Phi) is 4.82. The first-order valence-corrected chi connectivity index (χ1v) is 7.53. The summed E-state index contributed by atoms with van der Waals surface area (Å²) < 4.78 is 104.